The summed E-state index contributed by atoms with van der Waals surface area (Å²) in [5.41, 5.74) is -0.173. The van der Waals surface area contributed by atoms with E-state index in [1.165, 1.54) is 9.23 Å². The first-order chi connectivity index (χ1) is 2.81. The average Bonchev–Trinajstić information content (AvgIpc) is 1.65. The predicted octanol–water partition coefficient (Wildman–Crippen LogP) is 0.910. The molecule has 0 aromatic rings. The van der Waals surface area contributed by atoms with Gasteiger partial charge >= 0.3 is 52.9 Å². The third kappa shape index (κ3) is 3.25. The summed E-state index contributed by atoms with van der Waals surface area (Å²) in [5.74, 6) is 0. The summed E-state index contributed by atoms with van der Waals surface area (Å²) in [6.07, 6.45) is 0.834. The summed E-state index contributed by atoms with van der Waals surface area (Å²) in [7, 11) is 1.42. The van der Waals surface area contributed by atoms with E-state index in [0.29, 0.717) is 0 Å². The van der Waals surface area contributed by atoms with E-state index in [9.17, 15) is 0 Å². The quantitative estimate of drug-likeness (QED) is 0.602. The van der Waals surface area contributed by atoms with Crippen LogP contribution in [0.5, 0.6) is 0 Å². The van der Waals surface area contributed by atoms with Gasteiger partial charge in [-0.3, -0.25) is 0 Å². The molecule has 0 bridgehead atoms. The van der Waals surface area contributed by atoms with Crippen LogP contribution in [0.1, 0.15) is 13.3 Å². The summed E-state index contributed by atoms with van der Waals surface area (Å²) in [6, 6.07) is 0. The minimum absolute atomic E-state index is 0.173. The van der Waals surface area contributed by atoms with Crippen LogP contribution in [0.3, 0.4) is 0 Å². The van der Waals surface area contributed by atoms with Crippen LogP contribution >= 0.6 is 9.23 Å². The molecule has 1 unspecified atom stereocenters. The molecule has 0 aromatic carbocycles. The summed E-state index contributed by atoms with van der Waals surface area (Å²) >= 11 is 2.24. The molecule has 1 nitrogen and oxygen atoms in total. The van der Waals surface area contributed by atoms with Crippen LogP contribution in [-0.2, 0) is 19.7 Å². The maximum atomic E-state index is 8.62. The zero-order chi connectivity index (χ0) is 4.99. The molecular formula is C3H7AuOS. The van der Waals surface area contributed by atoms with Gasteiger partial charge in [0.2, 0.25) is 0 Å². The fourth-order valence-electron chi connectivity index (χ4n) is 0.0503. The second-order valence-corrected chi connectivity index (χ2v) is 3.15. The SMILES string of the molecule is CCC(O)[S][Au]. The zero-order valence-electron chi connectivity index (χ0n) is 3.44. The number of hydrogen-bond donors (Lipinski definition) is 1. The summed E-state index contributed by atoms with van der Waals surface area (Å²) in [6.45, 7) is 1.95. The summed E-state index contributed by atoms with van der Waals surface area (Å²) in [5, 5.41) is 8.62. The van der Waals surface area contributed by atoms with Gasteiger partial charge in [-0.25, -0.2) is 0 Å². The molecule has 0 radical (unpaired) electrons. The Kier molecular flexibility index (Phi) is 4.95. The van der Waals surface area contributed by atoms with Crippen molar-refractivity contribution in [2.24, 2.45) is 0 Å². The van der Waals surface area contributed by atoms with Crippen LogP contribution in [0.4, 0.5) is 0 Å². The number of aliphatic hydroxyl groups excluding tert-OH is 1. The van der Waals surface area contributed by atoms with Gasteiger partial charge in [-0.2, -0.15) is 0 Å². The van der Waals surface area contributed by atoms with E-state index in [4.69, 9.17) is 5.11 Å². The molecule has 3 heteroatoms. The molecule has 1 atom stereocenters. The Labute approximate surface area is 53.0 Å². The van der Waals surface area contributed by atoms with Crippen molar-refractivity contribution >= 4 is 9.23 Å². The van der Waals surface area contributed by atoms with Gasteiger partial charge in [0.15, 0.2) is 0 Å². The molecule has 6 heavy (non-hydrogen) atoms. The Bertz CT molecular complexity index is 30.0. The molecule has 0 aliphatic heterocycles. The standard InChI is InChI=1S/C3H8OS.Au/c1-2-3(4)5;/h3-5H,2H2,1H3;/q;+1/p-1. The van der Waals surface area contributed by atoms with Crippen molar-refractivity contribution < 1.29 is 24.8 Å². The van der Waals surface area contributed by atoms with Crippen LogP contribution in [0.15, 0.2) is 0 Å². The molecule has 42 valence electrons. The van der Waals surface area contributed by atoms with E-state index in [1.54, 1.807) is 0 Å². The maximum absolute atomic E-state index is 8.62. The second kappa shape index (κ2) is 4.22. The van der Waals surface area contributed by atoms with E-state index in [-0.39, 0.29) is 5.44 Å². The average molecular weight is 288 g/mol. The number of aliphatic hydroxyl groups is 1. The van der Waals surface area contributed by atoms with Gasteiger partial charge in [0.25, 0.3) is 0 Å². The predicted molar refractivity (Wildman–Crippen MR) is 23.9 cm³/mol. The molecule has 0 aliphatic rings. The third-order valence-electron chi connectivity index (χ3n) is 0.431. The van der Waals surface area contributed by atoms with Gasteiger partial charge in [0, 0.05) is 0 Å². The van der Waals surface area contributed by atoms with E-state index >= 15 is 0 Å². The molecule has 0 rings (SSSR count). The Hall–Kier alpha value is 1.05. The summed E-state index contributed by atoms with van der Waals surface area (Å²) in [4.78, 5) is 0. The van der Waals surface area contributed by atoms with E-state index in [0.717, 1.165) is 6.42 Å². The molecule has 0 saturated heterocycles. The molecule has 0 amide bonds. The Morgan fingerprint density at radius 2 is 2.50 bits per heavy atom. The Morgan fingerprint density at radius 1 is 2.00 bits per heavy atom. The fourth-order valence-corrected chi connectivity index (χ4v) is 1.23. The first kappa shape index (κ1) is 7.05. The number of hydrogen-bond acceptors (Lipinski definition) is 2. The van der Waals surface area contributed by atoms with Crippen molar-refractivity contribution in [2.45, 2.75) is 18.8 Å². The first-order valence-corrected chi connectivity index (χ1v) is 5.10. The first-order valence-electron chi connectivity index (χ1n) is 1.73. The van der Waals surface area contributed by atoms with Crippen LogP contribution in [0.25, 0.3) is 0 Å². The van der Waals surface area contributed by atoms with Crippen molar-refractivity contribution in [3.05, 3.63) is 0 Å². The molecule has 0 aromatic heterocycles. The molecule has 0 fully saturated rings. The van der Waals surface area contributed by atoms with Crippen LogP contribution in [0.2, 0.25) is 0 Å². The van der Waals surface area contributed by atoms with Crippen molar-refractivity contribution in [3.8, 4) is 0 Å². The van der Waals surface area contributed by atoms with E-state index < -0.39 is 0 Å². The molecule has 0 spiro atoms. The topological polar surface area (TPSA) is 20.2 Å². The molecule has 0 heterocycles. The second-order valence-electron chi connectivity index (χ2n) is 0.934. The van der Waals surface area contributed by atoms with Gasteiger partial charge in [-0.15, -0.1) is 0 Å². The molecular weight excluding hydrogens is 281 g/mol. The van der Waals surface area contributed by atoms with Gasteiger partial charge in [0.05, 0.1) is 0 Å². The van der Waals surface area contributed by atoms with Crippen LogP contribution in [-0.4, -0.2) is 10.5 Å². The van der Waals surface area contributed by atoms with Crippen LogP contribution in [0, 0.1) is 0 Å². The van der Waals surface area contributed by atoms with Crippen molar-refractivity contribution in [2.75, 3.05) is 0 Å². The minimum atomic E-state index is -0.173. The van der Waals surface area contributed by atoms with Crippen molar-refractivity contribution in [1.29, 1.82) is 0 Å². The van der Waals surface area contributed by atoms with E-state index in [1.807, 2.05) is 6.92 Å². The monoisotopic (exact) mass is 288 g/mol. The van der Waals surface area contributed by atoms with Crippen molar-refractivity contribution in [3.63, 3.8) is 0 Å². The molecule has 0 saturated carbocycles. The van der Waals surface area contributed by atoms with Crippen molar-refractivity contribution in [1.82, 2.24) is 0 Å². The van der Waals surface area contributed by atoms with Gasteiger partial charge < -0.3 is 0 Å². The Morgan fingerprint density at radius 3 is 2.50 bits per heavy atom. The zero-order valence-corrected chi connectivity index (χ0v) is 6.42. The summed E-state index contributed by atoms with van der Waals surface area (Å²) < 4.78 is 0. The van der Waals surface area contributed by atoms with Gasteiger partial charge in [-0.05, 0) is 0 Å². The Balaban J connectivity index is 2.75. The normalized spacial score (nSPS) is 14.7. The van der Waals surface area contributed by atoms with Gasteiger partial charge in [-0.1, -0.05) is 0 Å². The van der Waals surface area contributed by atoms with E-state index in [2.05, 4.69) is 19.7 Å². The fraction of sp³-hybridized carbons (Fsp3) is 1.00. The number of rotatable bonds is 2. The van der Waals surface area contributed by atoms with Gasteiger partial charge in [0.1, 0.15) is 0 Å². The third-order valence-corrected chi connectivity index (χ3v) is 2.70. The molecule has 0 aliphatic carbocycles. The molecule has 1 N–H and O–H groups in total. The van der Waals surface area contributed by atoms with Crippen LogP contribution < -0.4 is 0 Å².